The Kier molecular flexibility index (Phi) is 9.69. The Balaban J connectivity index is 2.04. The summed E-state index contributed by atoms with van der Waals surface area (Å²) in [7, 11) is 1.53. The van der Waals surface area contributed by atoms with Crippen LogP contribution in [0.4, 0.5) is 4.79 Å². The van der Waals surface area contributed by atoms with Gasteiger partial charge in [-0.15, -0.1) is 0 Å². The lowest BCUT2D eigenvalue weighted by Crippen LogP contribution is -2.47. The highest BCUT2D eigenvalue weighted by atomic mass is 16.5. The van der Waals surface area contributed by atoms with Crippen molar-refractivity contribution in [2.75, 3.05) is 13.7 Å². The SMILES string of the molecule is CCCC(=O)NNC(=O)C(Cc1ccc(-c2cccc(CN(C)C(=O)O)c2)cc1)OCC. The van der Waals surface area contributed by atoms with Crippen molar-refractivity contribution in [2.45, 2.75) is 45.8 Å². The highest BCUT2D eigenvalue weighted by Crippen LogP contribution is 2.22. The summed E-state index contributed by atoms with van der Waals surface area (Å²) in [5.41, 5.74) is 8.62. The van der Waals surface area contributed by atoms with Crippen molar-refractivity contribution >= 4 is 17.9 Å². The molecule has 1 atom stereocenters. The van der Waals surface area contributed by atoms with Crippen molar-refractivity contribution in [3.63, 3.8) is 0 Å². The van der Waals surface area contributed by atoms with Gasteiger partial charge in [0.05, 0.1) is 0 Å². The van der Waals surface area contributed by atoms with Crippen LogP contribution in [0, 0.1) is 0 Å². The predicted molar refractivity (Wildman–Crippen MR) is 122 cm³/mol. The fourth-order valence-electron chi connectivity index (χ4n) is 3.17. The monoisotopic (exact) mass is 441 g/mol. The van der Waals surface area contributed by atoms with Crippen LogP contribution in [0.15, 0.2) is 48.5 Å². The van der Waals surface area contributed by atoms with Gasteiger partial charge in [0.1, 0.15) is 6.10 Å². The molecule has 2 aromatic carbocycles. The Hall–Kier alpha value is -3.39. The summed E-state index contributed by atoms with van der Waals surface area (Å²) in [6.45, 7) is 4.38. The van der Waals surface area contributed by atoms with Gasteiger partial charge in [-0.25, -0.2) is 4.79 Å². The van der Waals surface area contributed by atoms with E-state index in [0.717, 1.165) is 22.3 Å². The third kappa shape index (κ3) is 7.70. The van der Waals surface area contributed by atoms with E-state index >= 15 is 0 Å². The maximum absolute atomic E-state index is 12.4. The minimum Gasteiger partial charge on any atom is -0.465 e. The molecular weight excluding hydrogens is 410 g/mol. The molecule has 0 aliphatic heterocycles. The van der Waals surface area contributed by atoms with E-state index in [1.54, 1.807) is 0 Å². The lowest BCUT2D eigenvalue weighted by molar-refractivity contribution is -0.136. The van der Waals surface area contributed by atoms with E-state index in [1.807, 2.05) is 62.4 Å². The third-order valence-corrected chi connectivity index (χ3v) is 4.84. The number of nitrogens with one attached hydrogen (secondary N) is 2. The van der Waals surface area contributed by atoms with Crippen LogP contribution < -0.4 is 10.9 Å². The highest BCUT2D eigenvalue weighted by Gasteiger charge is 2.20. The molecule has 2 rings (SSSR count). The molecule has 32 heavy (non-hydrogen) atoms. The molecule has 0 aromatic heterocycles. The van der Waals surface area contributed by atoms with Gasteiger partial charge in [-0.2, -0.15) is 0 Å². The van der Waals surface area contributed by atoms with Crippen molar-refractivity contribution in [1.82, 2.24) is 15.8 Å². The van der Waals surface area contributed by atoms with Gasteiger partial charge in [-0.1, -0.05) is 49.4 Å². The van der Waals surface area contributed by atoms with Crippen LogP contribution in [0.5, 0.6) is 0 Å². The summed E-state index contributed by atoms with van der Waals surface area (Å²) in [5.74, 6) is -0.632. The number of carbonyl (C=O) groups is 3. The molecule has 0 aliphatic carbocycles. The first kappa shape index (κ1) is 24.9. The van der Waals surface area contributed by atoms with Crippen molar-refractivity contribution < 1.29 is 24.2 Å². The third-order valence-electron chi connectivity index (χ3n) is 4.84. The van der Waals surface area contributed by atoms with Gasteiger partial charge in [0.15, 0.2) is 0 Å². The number of benzene rings is 2. The maximum atomic E-state index is 12.4. The number of nitrogens with zero attached hydrogens (tertiary/aromatic N) is 1. The molecule has 0 bridgehead atoms. The Morgan fingerprint density at radius 2 is 1.72 bits per heavy atom. The topological polar surface area (TPSA) is 108 Å². The van der Waals surface area contributed by atoms with E-state index in [9.17, 15) is 14.4 Å². The average Bonchev–Trinajstić information content (AvgIpc) is 2.78. The van der Waals surface area contributed by atoms with Gasteiger partial charge in [-0.3, -0.25) is 20.4 Å². The average molecular weight is 442 g/mol. The molecule has 0 heterocycles. The summed E-state index contributed by atoms with van der Waals surface area (Å²) in [6.07, 6.45) is -0.287. The molecule has 8 nitrogen and oxygen atoms in total. The number of carboxylic acid groups (broad SMARTS) is 1. The van der Waals surface area contributed by atoms with E-state index in [0.29, 0.717) is 32.4 Å². The number of ether oxygens (including phenoxy) is 1. The van der Waals surface area contributed by atoms with Crippen LogP contribution in [0.25, 0.3) is 11.1 Å². The number of hydrogen-bond donors (Lipinski definition) is 3. The summed E-state index contributed by atoms with van der Waals surface area (Å²) in [4.78, 5) is 36.3. The largest absolute Gasteiger partial charge is 0.465 e. The molecule has 0 saturated carbocycles. The molecule has 0 aliphatic rings. The van der Waals surface area contributed by atoms with Gasteiger partial charge >= 0.3 is 6.09 Å². The summed E-state index contributed by atoms with van der Waals surface area (Å²) in [6, 6.07) is 15.5. The molecule has 0 spiro atoms. The van der Waals surface area contributed by atoms with E-state index in [2.05, 4.69) is 10.9 Å². The molecule has 1 unspecified atom stereocenters. The standard InChI is InChI=1S/C24H31N3O5/c1-4-7-22(28)25-26-23(29)21(32-5-2)15-17-10-12-19(13-11-17)20-9-6-8-18(14-20)16-27(3)24(30)31/h6,8-14,21H,4-5,7,15-16H2,1-3H3,(H,25,28)(H,26,29)(H,30,31). The minimum absolute atomic E-state index is 0.239. The lowest BCUT2D eigenvalue weighted by atomic mass is 9.99. The Bertz CT molecular complexity index is 914. The number of hydrazine groups is 1. The van der Waals surface area contributed by atoms with E-state index in [4.69, 9.17) is 9.84 Å². The first-order valence-electron chi connectivity index (χ1n) is 10.7. The smallest absolute Gasteiger partial charge is 0.407 e. The predicted octanol–water partition coefficient (Wildman–Crippen LogP) is 3.36. The summed E-state index contributed by atoms with van der Waals surface area (Å²) < 4.78 is 5.57. The molecule has 8 heteroatoms. The first-order chi connectivity index (χ1) is 15.3. The quantitative estimate of drug-likeness (QED) is 0.490. The fourth-order valence-corrected chi connectivity index (χ4v) is 3.17. The lowest BCUT2D eigenvalue weighted by Gasteiger charge is -2.17. The van der Waals surface area contributed by atoms with Gasteiger partial charge in [-0.05, 0) is 41.7 Å². The van der Waals surface area contributed by atoms with Gasteiger partial charge < -0.3 is 14.7 Å². The van der Waals surface area contributed by atoms with Crippen LogP contribution in [0.3, 0.4) is 0 Å². The zero-order valence-electron chi connectivity index (χ0n) is 18.8. The zero-order chi connectivity index (χ0) is 23.5. The van der Waals surface area contributed by atoms with Crippen LogP contribution in [0.1, 0.15) is 37.8 Å². The van der Waals surface area contributed by atoms with Crippen LogP contribution in [-0.2, 0) is 27.3 Å². The molecule has 172 valence electrons. The van der Waals surface area contributed by atoms with Crippen molar-refractivity contribution in [1.29, 1.82) is 0 Å². The second kappa shape index (κ2) is 12.5. The molecule has 0 fully saturated rings. The van der Waals surface area contributed by atoms with Crippen LogP contribution in [-0.4, -0.2) is 47.7 Å². The van der Waals surface area contributed by atoms with E-state index in [1.165, 1.54) is 11.9 Å². The molecule has 3 amide bonds. The maximum Gasteiger partial charge on any atom is 0.407 e. The normalized spacial score (nSPS) is 11.5. The summed E-state index contributed by atoms with van der Waals surface area (Å²) >= 11 is 0. The van der Waals surface area contributed by atoms with Crippen LogP contribution >= 0.6 is 0 Å². The Labute approximate surface area is 188 Å². The van der Waals surface area contributed by atoms with Gasteiger partial charge in [0.25, 0.3) is 5.91 Å². The summed E-state index contributed by atoms with van der Waals surface area (Å²) in [5, 5.41) is 9.06. The molecule has 0 radical (unpaired) electrons. The van der Waals surface area contributed by atoms with E-state index < -0.39 is 18.1 Å². The Morgan fingerprint density at radius 3 is 2.34 bits per heavy atom. The highest BCUT2D eigenvalue weighted by molar-refractivity contribution is 5.84. The fraction of sp³-hybridized carbons (Fsp3) is 0.375. The zero-order valence-corrected chi connectivity index (χ0v) is 18.8. The van der Waals surface area contributed by atoms with Crippen LogP contribution in [0.2, 0.25) is 0 Å². The number of rotatable bonds is 10. The molecule has 0 saturated heterocycles. The molecule has 2 aromatic rings. The number of amides is 3. The first-order valence-corrected chi connectivity index (χ1v) is 10.7. The van der Waals surface area contributed by atoms with Gasteiger partial charge in [0, 0.05) is 33.0 Å². The Morgan fingerprint density at radius 1 is 1.00 bits per heavy atom. The molecule has 3 N–H and O–H groups in total. The number of carbonyl (C=O) groups excluding carboxylic acids is 2. The van der Waals surface area contributed by atoms with Crippen molar-refractivity contribution in [2.24, 2.45) is 0 Å². The van der Waals surface area contributed by atoms with Gasteiger partial charge in [0.2, 0.25) is 5.91 Å². The molecular formula is C24H31N3O5. The number of hydrogen-bond acceptors (Lipinski definition) is 4. The second-order valence-electron chi connectivity index (χ2n) is 7.47. The second-order valence-corrected chi connectivity index (χ2v) is 7.47. The van der Waals surface area contributed by atoms with Crippen molar-refractivity contribution in [3.05, 3.63) is 59.7 Å². The van der Waals surface area contributed by atoms with Crippen molar-refractivity contribution in [3.8, 4) is 11.1 Å². The van der Waals surface area contributed by atoms with E-state index in [-0.39, 0.29) is 5.91 Å². The minimum atomic E-state index is -0.974.